The molecule has 0 spiro atoms. The normalized spacial score (nSPS) is 24.7. The number of nitrogens with zero attached hydrogens (tertiary/aromatic N) is 2. The van der Waals surface area contributed by atoms with Crippen LogP contribution in [0.15, 0.2) is 41.6 Å². The van der Waals surface area contributed by atoms with Crippen molar-refractivity contribution in [3.05, 3.63) is 53.1 Å². The molecule has 1 saturated heterocycles. The number of allylic oxidation sites excluding steroid dienone is 1. The first kappa shape index (κ1) is 25.0. The van der Waals surface area contributed by atoms with Crippen molar-refractivity contribution in [2.75, 3.05) is 26.3 Å². The van der Waals surface area contributed by atoms with Crippen LogP contribution >= 0.6 is 0 Å². The van der Waals surface area contributed by atoms with Crippen LogP contribution in [0.4, 0.5) is 0 Å². The van der Waals surface area contributed by atoms with Crippen molar-refractivity contribution in [3.8, 4) is 5.75 Å². The Hall–Kier alpha value is -3.13. The van der Waals surface area contributed by atoms with Crippen LogP contribution in [-0.4, -0.2) is 65.1 Å². The smallest absolute Gasteiger partial charge is 0.338 e. The molecular formula is C27H34N2O6. The number of ether oxygens (including phenoxy) is 1. The van der Waals surface area contributed by atoms with Gasteiger partial charge in [-0.2, -0.15) is 0 Å². The summed E-state index contributed by atoms with van der Waals surface area (Å²) in [5, 5.41) is 24.7. The molecule has 1 saturated carbocycles. The number of aliphatic hydroxyl groups is 1. The molecule has 1 aromatic carbocycles. The minimum atomic E-state index is -0.675. The highest BCUT2D eigenvalue weighted by molar-refractivity contribution is 6.00. The summed E-state index contributed by atoms with van der Waals surface area (Å²) in [5.41, 5.74) is 2.34. The Balaban J connectivity index is 1.59. The average molecular weight is 483 g/mol. The molecule has 0 radical (unpaired) electrons. The van der Waals surface area contributed by atoms with E-state index < -0.39 is 12.1 Å². The number of fused-ring (bicyclic) bond motifs is 1. The van der Waals surface area contributed by atoms with Gasteiger partial charge in [0.2, 0.25) is 0 Å². The average Bonchev–Trinajstić information content (AvgIpc) is 3.69. The molecular weight excluding hydrogens is 448 g/mol. The summed E-state index contributed by atoms with van der Waals surface area (Å²) in [6.45, 7) is 1.52. The third-order valence-electron chi connectivity index (χ3n) is 6.47. The number of hydrogen-bond donors (Lipinski definition) is 2. The summed E-state index contributed by atoms with van der Waals surface area (Å²) in [6.07, 6.45) is 12.5. The number of esters is 1. The standard InChI is InChI=1S/C27H34N2O6/c30-22-8-2-5-14-34-27(33)26-20(16-23(31)17-24(26)19-10-11-19)15-21(7-6-9-22)28-35-18-25(32)29-12-3-1-4-13-29/h2,6-8,16-17,19,22,30-31H,1,3-5,9-15,18H2/b7-6+,8-2+,28-21-. The van der Waals surface area contributed by atoms with E-state index in [0.29, 0.717) is 29.7 Å². The number of aliphatic hydroxyl groups excluding tert-OH is 1. The topological polar surface area (TPSA) is 109 Å². The largest absolute Gasteiger partial charge is 0.508 e. The molecule has 1 aromatic rings. The predicted octanol–water partition coefficient (Wildman–Crippen LogP) is 3.62. The Morgan fingerprint density at radius 3 is 2.74 bits per heavy atom. The molecule has 2 aliphatic heterocycles. The van der Waals surface area contributed by atoms with Gasteiger partial charge in [0.25, 0.3) is 5.91 Å². The van der Waals surface area contributed by atoms with Gasteiger partial charge in [0.1, 0.15) is 5.75 Å². The fourth-order valence-corrected chi connectivity index (χ4v) is 4.50. The Kier molecular flexibility index (Phi) is 8.58. The second kappa shape index (κ2) is 12.0. The summed E-state index contributed by atoms with van der Waals surface area (Å²) in [5.74, 6) is -0.219. The van der Waals surface area contributed by atoms with E-state index in [-0.39, 0.29) is 37.2 Å². The monoisotopic (exact) mass is 482 g/mol. The first-order chi connectivity index (χ1) is 17.0. The van der Waals surface area contributed by atoms with E-state index in [0.717, 1.165) is 50.8 Å². The molecule has 2 fully saturated rings. The molecule has 8 heteroatoms. The molecule has 0 aromatic heterocycles. The lowest BCUT2D eigenvalue weighted by Gasteiger charge is -2.26. The van der Waals surface area contributed by atoms with E-state index in [2.05, 4.69) is 5.16 Å². The molecule has 4 rings (SSSR count). The van der Waals surface area contributed by atoms with Crippen molar-refractivity contribution in [1.29, 1.82) is 0 Å². The zero-order valence-electron chi connectivity index (χ0n) is 20.0. The number of phenolic OH excluding ortho intramolecular Hbond substituents is 1. The zero-order chi connectivity index (χ0) is 24.6. The molecule has 1 amide bonds. The third-order valence-corrected chi connectivity index (χ3v) is 6.47. The lowest BCUT2D eigenvalue weighted by atomic mass is 9.93. The van der Waals surface area contributed by atoms with Crippen LogP contribution < -0.4 is 0 Å². The second-order valence-electron chi connectivity index (χ2n) is 9.38. The molecule has 35 heavy (non-hydrogen) atoms. The van der Waals surface area contributed by atoms with Gasteiger partial charge in [-0.25, -0.2) is 4.79 Å². The number of phenols is 1. The number of aromatic hydroxyl groups is 1. The Bertz CT molecular complexity index is 1010. The molecule has 0 bridgehead atoms. The Morgan fingerprint density at radius 2 is 1.97 bits per heavy atom. The zero-order valence-corrected chi connectivity index (χ0v) is 20.0. The maximum Gasteiger partial charge on any atom is 0.338 e. The fourth-order valence-electron chi connectivity index (χ4n) is 4.50. The minimum absolute atomic E-state index is 0.0856. The van der Waals surface area contributed by atoms with E-state index in [1.807, 2.05) is 0 Å². The van der Waals surface area contributed by atoms with Crippen LogP contribution in [0.3, 0.4) is 0 Å². The van der Waals surface area contributed by atoms with Crippen molar-refractivity contribution in [1.82, 2.24) is 4.90 Å². The SMILES string of the molecule is O=C1OCC/C=C/C(O)C/C=C/C(=N/OCC(=O)N2CCCCC2)Cc2cc(O)cc(C3CC3)c21. The highest BCUT2D eigenvalue weighted by Crippen LogP contribution is 2.44. The number of carbonyl (C=O) groups excluding carboxylic acids is 2. The van der Waals surface area contributed by atoms with Crippen LogP contribution in [0.25, 0.3) is 0 Å². The number of likely N-dealkylation sites (tertiary alicyclic amines) is 1. The number of benzene rings is 1. The van der Waals surface area contributed by atoms with E-state index >= 15 is 0 Å². The van der Waals surface area contributed by atoms with Crippen molar-refractivity contribution < 1.29 is 29.4 Å². The van der Waals surface area contributed by atoms with Crippen LogP contribution in [-0.2, 0) is 20.8 Å². The van der Waals surface area contributed by atoms with Crippen LogP contribution in [0.1, 0.15) is 72.3 Å². The first-order valence-corrected chi connectivity index (χ1v) is 12.5. The maximum absolute atomic E-state index is 13.1. The van der Waals surface area contributed by atoms with Crippen molar-refractivity contribution in [2.45, 2.75) is 63.4 Å². The van der Waals surface area contributed by atoms with Crippen LogP contribution in [0, 0.1) is 0 Å². The van der Waals surface area contributed by atoms with E-state index in [1.165, 1.54) is 0 Å². The molecule has 8 nitrogen and oxygen atoms in total. The predicted molar refractivity (Wildman–Crippen MR) is 131 cm³/mol. The van der Waals surface area contributed by atoms with Gasteiger partial charge in [-0.3, -0.25) is 4.79 Å². The number of hydrogen-bond acceptors (Lipinski definition) is 7. The number of rotatable bonds is 4. The second-order valence-corrected chi connectivity index (χ2v) is 9.38. The lowest BCUT2D eigenvalue weighted by molar-refractivity contribution is -0.137. The van der Waals surface area contributed by atoms with Crippen LogP contribution in [0.5, 0.6) is 5.75 Å². The quantitative estimate of drug-likeness (QED) is 0.386. The van der Waals surface area contributed by atoms with Gasteiger partial charge in [0.15, 0.2) is 6.61 Å². The van der Waals surface area contributed by atoms with Gasteiger partial charge in [0.05, 0.1) is 24.0 Å². The van der Waals surface area contributed by atoms with Gasteiger partial charge >= 0.3 is 5.97 Å². The molecule has 188 valence electrons. The van der Waals surface area contributed by atoms with Gasteiger partial charge in [0, 0.05) is 19.5 Å². The minimum Gasteiger partial charge on any atom is -0.508 e. The molecule has 3 aliphatic rings. The van der Waals surface area contributed by atoms with E-state index in [9.17, 15) is 19.8 Å². The number of amides is 1. The highest BCUT2D eigenvalue weighted by Gasteiger charge is 2.31. The molecule has 2 heterocycles. The van der Waals surface area contributed by atoms with Crippen molar-refractivity contribution in [2.24, 2.45) is 5.16 Å². The summed E-state index contributed by atoms with van der Waals surface area (Å²) in [4.78, 5) is 32.8. The molecule has 1 atom stereocenters. The van der Waals surface area contributed by atoms with E-state index in [1.54, 1.807) is 41.3 Å². The van der Waals surface area contributed by atoms with Crippen LogP contribution in [0.2, 0.25) is 0 Å². The van der Waals surface area contributed by atoms with Gasteiger partial charge in [-0.1, -0.05) is 23.4 Å². The summed E-state index contributed by atoms with van der Waals surface area (Å²) >= 11 is 0. The molecule has 1 aliphatic carbocycles. The van der Waals surface area contributed by atoms with Crippen molar-refractivity contribution in [3.63, 3.8) is 0 Å². The van der Waals surface area contributed by atoms with Crippen molar-refractivity contribution >= 4 is 17.6 Å². The molecule has 2 N–H and O–H groups in total. The van der Waals surface area contributed by atoms with E-state index in [4.69, 9.17) is 9.57 Å². The first-order valence-electron chi connectivity index (χ1n) is 12.5. The fraction of sp³-hybridized carbons (Fsp3) is 0.519. The number of carbonyl (C=O) groups is 2. The van der Waals surface area contributed by atoms with Gasteiger partial charge in [-0.05, 0) is 80.2 Å². The van der Waals surface area contributed by atoms with Gasteiger partial charge < -0.3 is 24.7 Å². The summed E-state index contributed by atoms with van der Waals surface area (Å²) in [6, 6.07) is 3.21. The third kappa shape index (κ3) is 7.18. The van der Waals surface area contributed by atoms with Gasteiger partial charge in [-0.15, -0.1) is 0 Å². The number of piperidine rings is 1. The Morgan fingerprint density at radius 1 is 1.17 bits per heavy atom. The summed E-state index contributed by atoms with van der Waals surface area (Å²) in [7, 11) is 0. The number of oxime groups is 1. The highest BCUT2D eigenvalue weighted by atomic mass is 16.6. The maximum atomic E-state index is 13.1. The number of cyclic esters (lactones) is 1. The Labute approximate surface area is 205 Å². The summed E-state index contributed by atoms with van der Waals surface area (Å²) < 4.78 is 5.53. The molecule has 1 unspecified atom stereocenters. The lowest BCUT2D eigenvalue weighted by Crippen LogP contribution is -2.37.